The van der Waals surface area contributed by atoms with Crippen molar-refractivity contribution in [1.29, 1.82) is 0 Å². The SMILES string of the molecule is O=C(O)C1CCCC2C3NC4NC(NC5NC(NC6NC(NC(N3)C12)C1C(C(=O)O)C(C(=O)O)C(C(=O)O)C(C(=O)O)C61)C1CCCCC51)C1CCCCC41.[O]=[V]. The number of fused-ring (bicyclic) bond motifs is 20. The summed E-state index contributed by atoms with van der Waals surface area (Å²) in [6, 6.07) is 0. The van der Waals surface area contributed by atoms with E-state index >= 15 is 0 Å². The topological polar surface area (TPSA) is 300 Å². The molecular weight excluding hydrogens is 783 g/mol. The molecular formula is C37H56N8O11V. The second-order valence-corrected chi connectivity index (χ2v) is 18.1. The van der Waals surface area contributed by atoms with Crippen LogP contribution in [0.15, 0.2) is 0 Å². The Kier molecular flexibility index (Phi) is 11.9. The van der Waals surface area contributed by atoms with Crippen molar-refractivity contribution in [2.24, 2.45) is 76.9 Å². The first kappa shape index (κ1) is 41.2. The van der Waals surface area contributed by atoms with Crippen molar-refractivity contribution >= 4 is 29.8 Å². The van der Waals surface area contributed by atoms with Crippen molar-refractivity contribution in [3.63, 3.8) is 0 Å². The van der Waals surface area contributed by atoms with Gasteiger partial charge >= 0.3 is 50.9 Å². The van der Waals surface area contributed by atoms with Crippen LogP contribution >= 0.6 is 0 Å². The molecule has 9 fully saturated rings. The average Bonchev–Trinajstić information content (AvgIpc) is 3.93. The van der Waals surface area contributed by atoms with Crippen LogP contribution < -0.4 is 42.5 Å². The van der Waals surface area contributed by atoms with E-state index in [1.807, 2.05) is 0 Å². The monoisotopic (exact) mass is 839 g/mol. The number of aliphatic carboxylic acids is 5. The molecule has 21 atom stereocenters. The van der Waals surface area contributed by atoms with Gasteiger partial charge in [-0.1, -0.05) is 32.1 Å². The number of hydrogen-bond acceptors (Lipinski definition) is 14. The second-order valence-electron chi connectivity index (χ2n) is 18.1. The zero-order valence-electron chi connectivity index (χ0n) is 31.5. The molecule has 5 aliphatic heterocycles. The van der Waals surface area contributed by atoms with Crippen LogP contribution in [0.3, 0.4) is 0 Å². The average molecular weight is 840 g/mol. The van der Waals surface area contributed by atoms with E-state index in [0.717, 1.165) is 81.6 Å². The fourth-order valence-corrected chi connectivity index (χ4v) is 13.8. The summed E-state index contributed by atoms with van der Waals surface area (Å²) in [4.78, 5) is 65.1. The standard InChI is InChI=1S/C37H56N8O10.O.V/c46-33(47)17-11-5-10-16-18(17)30-43-29(16)41-27-13-7-2-1-6-12(13)25(39-27)38-26-14-8-3-4-9-15(14)28(40-26)42-31-19-20(32(44-30)45-31)22(35(50)51)24(37(54)55)23(36(52)53)21(19)34(48)49;;/h12-32,38-45H,1-11H2,(H,46,47)(H,48,49)(H,50,51)(H,52,53)(H,54,55);;. The number of hydrogen-bond donors (Lipinski definition) is 13. The molecule has 4 aliphatic carbocycles. The van der Waals surface area contributed by atoms with Gasteiger partial charge in [-0.15, -0.1) is 0 Å². The van der Waals surface area contributed by atoms with Crippen LogP contribution in [0, 0.1) is 76.9 Å². The van der Waals surface area contributed by atoms with E-state index in [2.05, 4.69) is 42.5 Å². The van der Waals surface area contributed by atoms with Crippen molar-refractivity contribution in [2.75, 3.05) is 0 Å². The predicted molar refractivity (Wildman–Crippen MR) is 190 cm³/mol. The molecule has 4 saturated carbocycles. The minimum atomic E-state index is -2.03. The fourth-order valence-electron chi connectivity index (χ4n) is 13.8. The Bertz CT molecular complexity index is 1600. The molecule has 8 bridgehead atoms. The number of carbonyl (C=O) groups is 5. The summed E-state index contributed by atoms with van der Waals surface area (Å²) < 4.78 is 8.19. The molecule has 57 heavy (non-hydrogen) atoms. The van der Waals surface area contributed by atoms with Gasteiger partial charge < -0.3 is 25.5 Å². The summed E-state index contributed by atoms with van der Waals surface area (Å²) in [5.41, 5.74) is 0. The third-order valence-corrected chi connectivity index (χ3v) is 15.8. The summed E-state index contributed by atoms with van der Waals surface area (Å²) in [6.45, 7) is 0. The molecule has 9 aliphatic rings. The van der Waals surface area contributed by atoms with E-state index in [1.165, 1.54) is 0 Å². The van der Waals surface area contributed by atoms with Gasteiger partial charge in [-0.3, -0.25) is 66.5 Å². The zero-order chi connectivity index (χ0) is 40.4. The van der Waals surface area contributed by atoms with Gasteiger partial charge in [0, 0.05) is 17.8 Å². The Morgan fingerprint density at radius 2 is 0.614 bits per heavy atom. The van der Waals surface area contributed by atoms with Crippen LogP contribution in [-0.4, -0.2) is 105 Å². The summed E-state index contributed by atoms with van der Waals surface area (Å²) >= 11 is 1.06. The van der Waals surface area contributed by atoms with Crippen molar-refractivity contribution in [3.8, 4) is 0 Å². The summed E-state index contributed by atoms with van der Waals surface area (Å²) in [6.07, 6.45) is 7.10. The van der Waals surface area contributed by atoms with Crippen molar-refractivity contribution in [3.05, 3.63) is 0 Å². The van der Waals surface area contributed by atoms with Crippen LogP contribution in [0.25, 0.3) is 0 Å². The van der Waals surface area contributed by atoms with Gasteiger partial charge in [-0.2, -0.15) is 0 Å². The molecule has 0 aromatic carbocycles. The van der Waals surface area contributed by atoms with Crippen LogP contribution in [-0.2, 0) is 45.0 Å². The van der Waals surface area contributed by atoms with Gasteiger partial charge in [0.15, 0.2) is 0 Å². The van der Waals surface area contributed by atoms with Gasteiger partial charge in [0.05, 0.1) is 78.9 Å². The first-order chi connectivity index (χ1) is 27.4. The van der Waals surface area contributed by atoms with E-state index < -0.39 is 95.7 Å². The fraction of sp³-hybridized carbons (Fsp3) is 0.865. The Labute approximate surface area is 339 Å². The molecule has 13 N–H and O–H groups in total. The molecule has 5 saturated heterocycles. The van der Waals surface area contributed by atoms with Crippen molar-refractivity contribution in [2.45, 2.75) is 120 Å². The molecule has 0 radical (unpaired) electrons. The van der Waals surface area contributed by atoms with Crippen LogP contribution in [0.4, 0.5) is 0 Å². The molecule has 9 rings (SSSR count). The van der Waals surface area contributed by atoms with Crippen molar-refractivity contribution in [1.82, 2.24) is 42.5 Å². The zero-order valence-corrected chi connectivity index (χ0v) is 32.9. The second kappa shape index (κ2) is 16.5. The number of carboxylic acid groups (broad SMARTS) is 5. The van der Waals surface area contributed by atoms with E-state index in [1.54, 1.807) is 0 Å². The summed E-state index contributed by atoms with van der Waals surface area (Å²) in [7, 11) is 0. The Hall–Kier alpha value is -2.59. The van der Waals surface area contributed by atoms with E-state index in [4.69, 9.17) is 3.67 Å². The predicted octanol–water partition coefficient (Wildman–Crippen LogP) is -0.962. The number of carboxylic acids is 5. The van der Waals surface area contributed by atoms with E-state index in [9.17, 15) is 49.5 Å². The Balaban J connectivity index is 0.00000224. The van der Waals surface area contributed by atoms with Crippen molar-refractivity contribution < 1.29 is 70.5 Å². The third-order valence-electron chi connectivity index (χ3n) is 15.8. The van der Waals surface area contributed by atoms with Crippen LogP contribution in [0.1, 0.15) is 70.6 Å². The normalized spacial score (nSPS) is 49.8. The van der Waals surface area contributed by atoms with Gasteiger partial charge in [-0.05, 0) is 68.1 Å². The Morgan fingerprint density at radius 1 is 0.333 bits per heavy atom. The van der Waals surface area contributed by atoms with Gasteiger partial charge in [0.1, 0.15) is 0 Å². The maximum atomic E-state index is 13.3. The molecule has 0 aromatic heterocycles. The van der Waals surface area contributed by atoms with E-state index in [-0.39, 0.29) is 48.6 Å². The number of rotatable bonds is 5. The first-order valence-corrected chi connectivity index (χ1v) is 21.4. The minimum absolute atomic E-state index is 0.0208. The van der Waals surface area contributed by atoms with E-state index in [0.29, 0.717) is 18.3 Å². The molecule has 21 unspecified atom stereocenters. The molecule has 20 heteroatoms. The van der Waals surface area contributed by atoms with Gasteiger partial charge in [0.2, 0.25) is 0 Å². The van der Waals surface area contributed by atoms with Crippen LogP contribution in [0.2, 0.25) is 0 Å². The summed E-state index contributed by atoms with van der Waals surface area (Å²) in [5.74, 6) is -17.2. The maximum absolute atomic E-state index is 13.3. The van der Waals surface area contributed by atoms with Crippen LogP contribution in [0.5, 0.6) is 0 Å². The molecule has 19 nitrogen and oxygen atoms in total. The quantitative estimate of drug-likeness (QED) is 0.159. The molecule has 0 spiro atoms. The molecule has 0 amide bonds. The first-order valence-electron chi connectivity index (χ1n) is 20.8. The molecule has 0 aromatic rings. The Morgan fingerprint density at radius 3 is 0.947 bits per heavy atom. The number of nitrogens with one attached hydrogen (secondary N) is 8. The summed E-state index contributed by atoms with van der Waals surface area (Å²) in [5, 5.41) is 82.9. The van der Waals surface area contributed by atoms with Gasteiger partial charge in [-0.25, -0.2) is 0 Å². The molecule has 5 heterocycles. The third kappa shape index (κ3) is 7.06. The van der Waals surface area contributed by atoms with Gasteiger partial charge in [0.25, 0.3) is 0 Å². The molecule has 315 valence electrons.